The molecule has 1 amide bonds. The van der Waals surface area contributed by atoms with Crippen LogP contribution in [0.25, 0.3) is 0 Å². The van der Waals surface area contributed by atoms with Crippen molar-refractivity contribution < 1.29 is 24.6 Å². The molecule has 0 saturated carbocycles. The lowest BCUT2D eigenvalue weighted by molar-refractivity contribution is -0.143. The highest BCUT2D eigenvalue weighted by Gasteiger charge is 2.24. The van der Waals surface area contributed by atoms with Crippen molar-refractivity contribution in [2.24, 2.45) is 11.7 Å². The third-order valence-corrected chi connectivity index (χ3v) is 2.33. The highest BCUT2D eigenvalue weighted by molar-refractivity contribution is 5.87. The summed E-state index contributed by atoms with van der Waals surface area (Å²) in [6, 6.07) is -2.00. The number of hydrogen-bond donors (Lipinski definition) is 4. The van der Waals surface area contributed by atoms with Gasteiger partial charge in [-0.3, -0.25) is 9.59 Å². The first-order valence-corrected chi connectivity index (χ1v) is 5.74. The highest BCUT2D eigenvalue weighted by atomic mass is 16.4. The minimum Gasteiger partial charge on any atom is -0.481 e. The Hall–Kier alpha value is -1.63. The molecule has 0 saturated heterocycles. The summed E-state index contributed by atoms with van der Waals surface area (Å²) in [4.78, 5) is 32.8. The molecule has 0 spiro atoms. The standard InChI is InChI=1S/C11H20N2O5/c1-6(2)5-8(11(17)18)13-10(16)7(12)3-4-9(14)15/h6-8H,3-5,12H2,1-2H3,(H,13,16)(H,14,15)(H,17,18)/t7-,8-/m1/s1. The summed E-state index contributed by atoms with van der Waals surface area (Å²) in [5, 5.41) is 19.7. The van der Waals surface area contributed by atoms with E-state index in [0.717, 1.165) is 0 Å². The van der Waals surface area contributed by atoms with Crippen molar-refractivity contribution >= 4 is 17.8 Å². The zero-order valence-corrected chi connectivity index (χ0v) is 10.5. The smallest absolute Gasteiger partial charge is 0.326 e. The lowest BCUT2D eigenvalue weighted by Gasteiger charge is -2.18. The van der Waals surface area contributed by atoms with E-state index in [1.165, 1.54) is 0 Å². The summed E-state index contributed by atoms with van der Waals surface area (Å²) >= 11 is 0. The van der Waals surface area contributed by atoms with E-state index < -0.39 is 29.9 Å². The summed E-state index contributed by atoms with van der Waals surface area (Å²) in [5.74, 6) is -2.69. The quantitative estimate of drug-likeness (QED) is 0.478. The predicted molar refractivity (Wildman–Crippen MR) is 63.9 cm³/mol. The number of aliphatic carboxylic acids is 2. The van der Waals surface area contributed by atoms with E-state index in [1.54, 1.807) is 0 Å². The van der Waals surface area contributed by atoms with E-state index in [4.69, 9.17) is 15.9 Å². The average Bonchev–Trinajstić information content (AvgIpc) is 2.23. The fourth-order valence-electron chi connectivity index (χ4n) is 1.38. The van der Waals surface area contributed by atoms with Gasteiger partial charge in [0.2, 0.25) is 5.91 Å². The number of carboxylic acid groups (broad SMARTS) is 2. The van der Waals surface area contributed by atoms with Gasteiger partial charge in [-0.2, -0.15) is 0 Å². The second-order valence-electron chi connectivity index (χ2n) is 4.57. The van der Waals surface area contributed by atoms with Crippen LogP contribution in [0, 0.1) is 5.92 Å². The maximum absolute atomic E-state index is 11.6. The number of nitrogens with one attached hydrogen (secondary N) is 1. The second kappa shape index (κ2) is 7.65. The molecule has 0 aliphatic carbocycles. The largest absolute Gasteiger partial charge is 0.481 e. The van der Waals surface area contributed by atoms with Crippen LogP contribution >= 0.6 is 0 Å². The van der Waals surface area contributed by atoms with Crippen LogP contribution in [0.2, 0.25) is 0 Å². The first-order chi connectivity index (χ1) is 8.23. The Labute approximate surface area is 105 Å². The predicted octanol–water partition coefficient (Wildman–Crippen LogP) is -0.206. The van der Waals surface area contributed by atoms with Crippen LogP contribution in [0.5, 0.6) is 0 Å². The number of carboxylic acids is 2. The molecule has 0 unspecified atom stereocenters. The average molecular weight is 260 g/mol. The summed E-state index contributed by atoms with van der Waals surface area (Å²) in [6.45, 7) is 3.68. The number of carbonyl (C=O) groups is 3. The van der Waals surface area contributed by atoms with Gasteiger partial charge >= 0.3 is 11.9 Å². The summed E-state index contributed by atoms with van der Waals surface area (Å²) in [5.41, 5.74) is 5.48. The summed E-state index contributed by atoms with van der Waals surface area (Å²) in [7, 11) is 0. The van der Waals surface area contributed by atoms with E-state index >= 15 is 0 Å². The first-order valence-electron chi connectivity index (χ1n) is 5.74. The van der Waals surface area contributed by atoms with E-state index in [0.29, 0.717) is 6.42 Å². The van der Waals surface area contributed by atoms with Crippen molar-refractivity contribution in [2.75, 3.05) is 0 Å². The number of hydrogen-bond acceptors (Lipinski definition) is 4. The molecule has 18 heavy (non-hydrogen) atoms. The van der Waals surface area contributed by atoms with E-state index in [1.807, 2.05) is 13.8 Å². The van der Waals surface area contributed by atoms with Crippen molar-refractivity contribution in [3.05, 3.63) is 0 Å². The molecule has 0 aliphatic rings. The monoisotopic (exact) mass is 260 g/mol. The van der Waals surface area contributed by atoms with Gasteiger partial charge in [0.05, 0.1) is 6.04 Å². The maximum atomic E-state index is 11.6. The van der Waals surface area contributed by atoms with Gasteiger partial charge in [-0.25, -0.2) is 4.79 Å². The van der Waals surface area contributed by atoms with Crippen molar-refractivity contribution in [1.82, 2.24) is 5.32 Å². The van der Waals surface area contributed by atoms with Gasteiger partial charge in [0.15, 0.2) is 0 Å². The van der Waals surface area contributed by atoms with Crippen molar-refractivity contribution in [3.63, 3.8) is 0 Å². The molecule has 5 N–H and O–H groups in total. The topological polar surface area (TPSA) is 130 Å². The minimum atomic E-state index is -1.12. The van der Waals surface area contributed by atoms with Gasteiger partial charge < -0.3 is 21.3 Å². The third-order valence-electron chi connectivity index (χ3n) is 2.33. The Bertz CT molecular complexity index is 317. The number of amides is 1. The van der Waals surface area contributed by atoms with Crippen molar-refractivity contribution in [3.8, 4) is 0 Å². The molecule has 0 rings (SSSR count). The van der Waals surface area contributed by atoms with Crippen LogP contribution in [0.3, 0.4) is 0 Å². The van der Waals surface area contributed by atoms with E-state index in [9.17, 15) is 14.4 Å². The summed E-state index contributed by atoms with van der Waals surface area (Å²) in [6.07, 6.45) is 0.0540. The normalized spacial score (nSPS) is 14.0. The Morgan fingerprint density at radius 1 is 1.22 bits per heavy atom. The van der Waals surface area contributed by atoms with Crippen LogP contribution in [-0.4, -0.2) is 40.1 Å². The highest BCUT2D eigenvalue weighted by Crippen LogP contribution is 2.05. The maximum Gasteiger partial charge on any atom is 0.326 e. The first kappa shape index (κ1) is 16.4. The van der Waals surface area contributed by atoms with Crippen LogP contribution in [0.1, 0.15) is 33.1 Å². The molecule has 7 nitrogen and oxygen atoms in total. The molecule has 2 atom stereocenters. The van der Waals surface area contributed by atoms with Gasteiger partial charge in [-0.1, -0.05) is 13.8 Å². The van der Waals surface area contributed by atoms with E-state index in [2.05, 4.69) is 5.32 Å². The zero-order chi connectivity index (χ0) is 14.3. The number of carbonyl (C=O) groups excluding carboxylic acids is 1. The second-order valence-corrected chi connectivity index (χ2v) is 4.57. The fourth-order valence-corrected chi connectivity index (χ4v) is 1.38. The number of nitrogens with two attached hydrogens (primary N) is 1. The van der Waals surface area contributed by atoms with Crippen LogP contribution in [0.4, 0.5) is 0 Å². The molecule has 7 heteroatoms. The Morgan fingerprint density at radius 2 is 1.78 bits per heavy atom. The van der Waals surface area contributed by atoms with Gasteiger partial charge in [0, 0.05) is 6.42 Å². The SMILES string of the molecule is CC(C)C[C@@H](NC(=O)[C@H](N)CCC(=O)O)C(=O)O. The van der Waals surface area contributed by atoms with Crippen molar-refractivity contribution in [2.45, 2.75) is 45.2 Å². The number of rotatable bonds is 8. The Kier molecular flexibility index (Phi) is 6.96. The van der Waals surface area contributed by atoms with Gasteiger partial charge in [-0.05, 0) is 18.8 Å². The van der Waals surface area contributed by atoms with Gasteiger partial charge in [0.1, 0.15) is 6.04 Å². The molecule has 0 aromatic heterocycles. The van der Waals surface area contributed by atoms with Crippen molar-refractivity contribution in [1.29, 1.82) is 0 Å². The fraction of sp³-hybridized carbons (Fsp3) is 0.727. The van der Waals surface area contributed by atoms with Crippen LogP contribution in [-0.2, 0) is 14.4 Å². The van der Waals surface area contributed by atoms with E-state index in [-0.39, 0.29) is 18.8 Å². The molecule has 104 valence electrons. The van der Waals surface area contributed by atoms with Gasteiger partial charge in [0.25, 0.3) is 0 Å². The van der Waals surface area contributed by atoms with Gasteiger partial charge in [-0.15, -0.1) is 0 Å². The lowest BCUT2D eigenvalue weighted by Crippen LogP contribution is -2.49. The molecule has 0 heterocycles. The molecular formula is C11H20N2O5. The molecule has 0 fully saturated rings. The van der Waals surface area contributed by atoms with Crippen LogP contribution < -0.4 is 11.1 Å². The molecule has 0 bridgehead atoms. The Balaban J connectivity index is 4.31. The summed E-state index contributed by atoms with van der Waals surface area (Å²) < 4.78 is 0. The minimum absolute atomic E-state index is 0.0187. The molecule has 0 aliphatic heterocycles. The Morgan fingerprint density at radius 3 is 2.17 bits per heavy atom. The molecular weight excluding hydrogens is 240 g/mol. The lowest BCUT2D eigenvalue weighted by atomic mass is 10.0. The van der Waals surface area contributed by atoms with Crippen LogP contribution in [0.15, 0.2) is 0 Å². The third kappa shape index (κ3) is 6.85. The molecule has 0 aromatic carbocycles. The molecule has 0 radical (unpaired) electrons. The molecule has 0 aromatic rings. The zero-order valence-electron chi connectivity index (χ0n) is 10.5.